The molecule has 8 aromatic rings. The molecule has 0 amide bonds. The summed E-state index contributed by atoms with van der Waals surface area (Å²) < 4.78 is 0. The standard InChI is InChI=1S/C52H39N3/c1-52(2)45-32-40(29-30-44(45)48-46(52)33-41-21-12-13-24-43(41)47(48)36-17-8-4-9-18-36)39-22-14-23-42(31-39)51-54-49(37-19-10-5-11-20-37)53-50(55-51)38-27-25-35(26-28-38)34-15-6-3-7-16-34/h3-27,29-33,38H,28H2,1-2H3. The fourth-order valence-electron chi connectivity index (χ4n) is 8.53. The van der Waals surface area contributed by atoms with Gasteiger partial charge >= 0.3 is 0 Å². The minimum absolute atomic E-state index is 0.0536. The van der Waals surface area contributed by atoms with E-state index in [2.05, 4.69) is 178 Å². The molecular weight excluding hydrogens is 667 g/mol. The zero-order valence-corrected chi connectivity index (χ0v) is 30.9. The largest absolute Gasteiger partial charge is 0.212 e. The average molecular weight is 706 g/mol. The van der Waals surface area contributed by atoms with E-state index < -0.39 is 0 Å². The molecule has 0 aliphatic heterocycles. The number of rotatable bonds is 6. The molecule has 1 unspecified atom stereocenters. The monoisotopic (exact) mass is 705 g/mol. The number of aromatic nitrogens is 3. The molecule has 0 N–H and O–H groups in total. The van der Waals surface area contributed by atoms with Crippen LogP contribution in [0.4, 0.5) is 0 Å². The molecule has 0 fully saturated rings. The van der Waals surface area contributed by atoms with Crippen LogP contribution in [0.1, 0.15) is 48.7 Å². The minimum Gasteiger partial charge on any atom is -0.212 e. The third kappa shape index (κ3) is 5.80. The second-order valence-electron chi connectivity index (χ2n) is 15.2. The molecular formula is C52H39N3. The van der Waals surface area contributed by atoms with Gasteiger partial charge in [0.05, 0.1) is 0 Å². The van der Waals surface area contributed by atoms with E-state index in [-0.39, 0.29) is 11.3 Å². The molecule has 0 saturated heterocycles. The molecule has 0 bridgehead atoms. The van der Waals surface area contributed by atoms with E-state index in [1.807, 2.05) is 18.2 Å². The predicted molar refractivity (Wildman–Crippen MR) is 228 cm³/mol. The number of hydrogen-bond donors (Lipinski definition) is 0. The number of benzene rings is 7. The summed E-state index contributed by atoms with van der Waals surface area (Å²) >= 11 is 0. The van der Waals surface area contributed by atoms with E-state index >= 15 is 0 Å². The molecule has 0 saturated carbocycles. The van der Waals surface area contributed by atoms with Crippen molar-refractivity contribution in [3.63, 3.8) is 0 Å². The van der Waals surface area contributed by atoms with E-state index in [1.165, 1.54) is 60.9 Å². The second kappa shape index (κ2) is 13.3. The van der Waals surface area contributed by atoms with Gasteiger partial charge in [0.2, 0.25) is 0 Å². The van der Waals surface area contributed by atoms with Gasteiger partial charge in [-0.15, -0.1) is 0 Å². The van der Waals surface area contributed by atoms with E-state index in [4.69, 9.17) is 15.0 Å². The average Bonchev–Trinajstić information content (AvgIpc) is 3.48. The molecule has 2 aliphatic carbocycles. The first-order valence-corrected chi connectivity index (χ1v) is 19.1. The van der Waals surface area contributed by atoms with Gasteiger partial charge in [-0.1, -0.05) is 178 Å². The molecule has 7 aromatic carbocycles. The Hall–Kier alpha value is -6.71. The first-order valence-electron chi connectivity index (χ1n) is 19.1. The van der Waals surface area contributed by atoms with Crippen LogP contribution in [0, 0.1) is 0 Å². The van der Waals surface area contributed by atoms with E-state index in [0.717, 1.165) is 28.9 Å². The van der Waals surface area contributed by atoms with Crippen molar-refractivity contribution < 1.29 is 0 Å². The van der Waals surface area contributed by atoms with Crippen LogP contribution >= 0.6 is 0 Å². The van der Waals surface area contributed by atoms with E-state index in [0.29, 0.717) is 11.6 Å². The maximum Gasteiger partial charge on any atom is 0.163 e. The summed E-state index contributed by atoms with van der Waals surface area (Å²) in [6.45, 7) is 4.74. The highest BCUT2D eigenvalue weighted by atomic mass is 15.0. The summed E-state index contributed by atoms with van der Waals surface area (Å²) in [5.74, 6) is 2.21. The summed E-state index contributed by atoms with van der Waals surface area (Å²) in [7, 11) is 0. The Morgan fingerprint density at radius 3 is 1.84 bits per heavy atom. The lowest BCUT2D eigenvalue weighted by Gasteiger charge is -2.23. The van der Waals surface area contributed by atoms with Gasteiger partial charge in [0.15, 0.2) is 11.6 Å². The van der Waals surface area contributed by atoms with Gasteiger partial charge in [-0.05, 0) is 91.0 Å². The van der Waals surface area contributed by atoms with E-state index in [9.17, 15) is 0 Å². The lowest BCUT2D eigenvalue weighted by atomic mass is 9.80. The van der Waals surface area contributed by atoms with Crippen LogP contribution in [0.3, 0.4) is 0 Å². The van der Waals surface area contributed by atoms with Crippen LogP contribution in [-0.4, -0.2) is 15.0 Å². The van der Waals surface area contributed by atoms with Crippen molar-refractivity contribution in [2.75, 3.05) is 0 Å². The highest BCUT2D eigenvalue weighted by molar-refractivity contribution is 6.08. The first-order chi connectivity index (χ1) is 27.0. The Bertz CT molecular complexity index is 2800. The molecule has 0 radical (unpaired) electrons. The molecule has 10 rings (SSSR count). The Morgan fingerprint density at radius 2 is 1.11 bits per heavy atom. The third-order valence-corrected chi connectivity index (χ3v) is 11.4. The topological polar surface area (TPSA) is 38.7 Å². The molecule has 1 aromatic heterocycles. The molecule has 0 spiro atoms. The smallest absolute Gasteiger partial charge is 0.163 e. The summed E-state index contributed by atoms with van der Waals surface area (Å²) in [5.41, 5.74) is 14.5. The molecule has 55 heavy (non-hydrogen) atoms. The lowest BCUT2D eigenvalue weighted by molar-refractivity contribution is 0.661. The number of fused-ring (bicyclic) bond motifs is 4. The molecule has 1 heterocycles. The summed E-state index contributed by atoms with van der Waals surface area (Å²) in [4.78, 5) is 15.3. The van der Waals surface area contributed by atoms with Crippen molar-refractivity contribution in [2.45, 2.75) is 31.6 Å². The SMILES string of the molecule is CC1(C)c2cc(-c3cccc(-c4nc(-c5ccccc5)nc(C5C=CC(c6ccccc6)=CC5)n4)c3)ccc2-c2c1cc1ccccc1c2-c1ccccc1. The molecule has 3 nitrogen and oxygen atoms in total. The summed E-state index contributed by atoms with van der Waals surface area (Å²) in [6.07, 6.45) is 7.57. The number of hydrogen-bond acceptors (Lipinski definition) is 3. The Labute approximate surface area is 322 Å². The zero-order chi connectivity index (χ0) is 36.9. The van der Waals surface area contributed by atoms with Crippen molar-refractivity contribution in [3.8, 4) is 56.2 Å². The van der Waals surface area contributed by atoms with Gasteiger partial charge in [-0.2, -0.15) is 0 Å². The van der Waals surface area contributed by atoms with Crippen LogP contribution in [0.2, 0.25) is 0 Å². The highest BCUT2D eigenvalue weighted by Crippen LogP contribution is 2.55. The van der Waals surface area contributed by atoms with Gasteiger partial charge in [0.1, 0.15) is 5.82 Å². The third-order valence-electron chi connectivity index (χ3n) is 11.4. The fraction of sp³-hybridized carbons (Fsp3) is 0.0962. The van der Waals surface area contributed by atoms with Crippen molar-refractivity contribution in [2.24, 2.45) is 0 Å². The Morgan fingerprint density at radius 1 is 0.491 bits per heavy atom. The van der Waals surface area contributed by atoms with Crippen LogP contribution in [0.15, 0.2) is 182 Å². The van der Waals surface area contributed by atoms with Crippen LogP contribution in [0.25, 0.3) is 72.5 Å². The lowest BCUT2D eigenvalue weighted by Crippen LogP contribution is -2.15. The van der Waals surface area contributed by atoms with Gasteiger partial charge in [0, 0.05) is 22.5 Å². The van der Waals surface area contributed by atoms with Gasteiger partial charge in [-0.3, -0.25) is 0 Å². The van der Waals surface area contributed by atoms with Crippen molar-refractivity contribution in [1.29, 1.82) is 0 Å². The highest BCUT2D eigenvalue weighted by Gasteiger charge is 2.38. The first kappa shape index (κ1) is 32.9. The van der Waals surface area contributed by atoms with Crippen LogP contribution in [0.5, 0.6) is 0 Å². The van der Waals surface area contributed by atoms with Crippen LogP contribution in [-0.2, 0) is 5.41 Å². The Kier molecular flexibility index (Phi) is 7.96. The number of allylic oxidation sites excluding steroid dienone is 4. The minimum atomic E-state index is -0.179. The quantitative estimate of drug-likeness (QED) is 0.173. The maximum absolute atomic E-state index is 5.16. The van der Waals surface area contributed by atoms with Crippen molar-refractivity contribution in [3.05, 3.63) is 205 Å². The molecule has 1 atom stereocenters. The van der Waals surface area contributed by atoms with E-state index in [1.54, 1.807) is 0 Å². The van der Waals surface area contributed by atoms with Crippen molar-refractivity contribution >= 4 is 16.3 Å². The second-order valence-corrected chi connectivity index (χ2v) is 15.2. The van der Waals surface area contributed by atoms with Gasteiger partial charge in [0.25, 0.3) is 0 Å². The fourth-order valence-corrected chi connectivity index (χ4v) is 8.53. The van der Waals surface area contributed by atoms with Gasteiger partial charge in [-0.25, -0.2) is 15.0 Å². The summed E-state index contributed by atoms with van der Waals surface area (Å²) in [6, 6.07) is 58.6. The summed E-state index contributed by atoms with van der Waals surface area (Å²) in [5, 5.41) is 2.56. The number of nitrogens with zero attached hydrogens (tertiary/aromatic N) is 3. The van der Waals surface area contributed by atoms with Crippen molar-refractivity contribution in [1.82, 2.24) is 15.0 Å². The molecule has 3 heteroatoms. The maximum atomic E-state index is 5.16. The van der Waals surface area contributed by atoms with Crippen LogP contribution < -0.4 is 0 Å². The van der Waals surface area contributed by atoms with Gasteiger partial charge < -0.3 is 0 Å². The molecule has 262 valence electrons. The molecule has 2 aliphatic rings. The predicted octanol–water partition coefficient (Wildman–Crippen LogP) is 13.1. The Balaban J connectivity index is 1.05. The normalized spacial score (nSPS) is 15.4. The zero-order valence-electron chi connectivity index (χ0n) is 30.9.